The minimum absolute atomic E-state index is 0.259. The molecule has 2 N–H and O–H groups in total. The van der Waals surface area contributed by atoms with Gasteiger partial charge >= 0.3 is 0 Å². The van der Waals surface area contributed by atoms with Crippen molar-refractivity contribution in [3.05, 3.63) is 85.2 Å². The lowest BCUT2D eigenvalue weighted by molar-refractivity contribution is 0.422. The summed E-state index contributed by atoms with van der Waals surface area (Å²) >= 11 is 0. The van der Waals surface area contributed by atoms with Crippen LogP contribution < -0.4 is 10.6 Å². The number of rotatable bonds is 4. The first kappa shape index (κ1) is 21.0. The van der Waals surface area contributed by atoms with Crippen LogP contribution in [-0.4, -0.2) is 32.0 Å². The van der Waals surface area contributed by atoms with Crippen LogP contribution >= 0.6 is 0 Å². The molecule has 1 aliphatic carbocycles. The molecule has 1 aliphatic rings. The minimum Gasteiger partial charge on any atom is -0.365 e. The van der Waals surface area contributed by atoms with Gasteiger partial charge in [-0.3, -0.25) is 9.97 Å². The van der Waals surface area contributed by atoms with E-state index in [1.54, 1.807) is 0 Å². The standard InChI is InChI=1S/C30H26N6/c1-2-8-24(34-26-16-14-22-12-10-20-6-4-18-32-28(20)30(22)36-26)23(7-1)33-25-15-13-21-11-9-19-5-3-17-31-27(19)29(21)35-25/h3-6,9-18,23-24H,1-2,7-8H2,(H,33,35)(H,34,36)/t23-,24+. The molecule has 0 saturated heterocycles. The fourth-order valence-corrected chi connectivity index (χ4v) is 5.46. The first-order valence-electron chi connectivity index (χ1n) is 12.6. The second kappa shape index (κ2) is 8.72. The third-order valence-corrected chi connectivity index (χ3v) is 7.30. The maximum atomic E-state index is 4.99. The monoisotopic (exact) mass is 470 g/mol. The van der Waals surface area contributed by atoms with E-state index in [-0.39, 0.29) is 12.1 Å². The van der Waals surface area contributed by atoms with Gasteiger partial charge in [0.15, 0.2) is 0 Å². The number of fused-ring (bicyclic) bond motifs is 6. The van der Waals surface area contributed by atoms with Crippen molar-refractivity contribution in [2.75, 3.05) is 10.6 Å². The second-order valence-corrected chi connectivity index (χ2v) is 9.60. The highest BCUT2D eigenvalue weighted by atomic mass is 15.1. The summed E-state index contributed by atoms with van der Waals surface area (Å²) in [4.78, 5) is 19.2. The first-order valence-corrected chi connectivity index (χ1v) is 12.6. The van der Waals surface area contributed by atoms with Gasteiger partial charge in [-0.25, -0.2) is 9.97 Å². The Morgan fingerprint density at radius 2 is 0.917 bits per heavy atom. The van der Waals surface area contributed by atoms with E-state index in [1.165, 1.54) is 12.8 Å². The van der Waals surface area contributed by atoms with Crippen LogP contribution in [0.4, 0.5) is 11.6 Å². The molecule has 6 aromatic rings. The van der Waals surface area contributed by atoms with Crippen LogP contribution in [0.25, 0.3) is 43.6 Å². The summed E-state index contributed by atoms with van der Waals surface area (Å²) < 4.78 is 0. The van der Waals surface area contributed by atoms with Crippen molar-refractivity contribution in [2.45, 2.75) is 37.8 Å². The number of hydrogen-bond donors (Lipinski definition) is 2. The predicted molar refractivity (Wildman–Crippen MR) is 147 cm³/mol. The minimum atomic E-state index is 0.259. The van der Waals surface area contributed by atoms with Gasteiger partial charge in [0.25, 0.3) is 0 Å². The molecule has 0 radical (unpaired) electrons. The van der Waals surface area contributed by atoms with Crippen LogP contribution in [-0.2, 0) is 0 Å². The van der Waals surface area contributed by atoms with Crippen molar-refractivity contribution in [1.29, 1.82) is 0 Å². The number of anilines is 2. The highest BCUT2D eigenvalue weighted by molar-refractivity contribution is 6.04. The average Bonchev–Trinajstić information content (AvgIpc) is 2.94. The van der Waals surface area contributed by atoms with Gasteiger partial charge in [0.1, 0.15) is 11.6 Å². The van der Waals surface area contributed by atoms with E-state index in [0.717, 1.165) is 68.1 Å². The van der Waals surface area contributed by atoms with Gasteiger partial charge < -0.3 is 10.6 Å². The van der Waals surface area contributed by atoms with E-state index in [4.69, 9.17) is 9.97 Å². The van der Waals surface area contributed by atoms with Crippen molar-refractivity contribution in [1.82, 2.24) is 19.9 Å². The molecule has 0 spiro atoms. The molecule has 4 aromatic heterocycles. The van der Waals surface area contributed by atoms with Crippen LogP contribution in [0.3, 0.4) is 0 Å². The molecular weight excluding hydrogens is 444 g/mol. The Balaban J connectivity index is 1.19. The van der Waals surface area contributed by atoms with E-state index in [1.807, 2.05) is 24.5 Å². The third-order valence-electron chi connectivity index (χ3n) is 7.30. The Bertz CT molecular complexity index is 1600. The summed E-state index contributed by atoms with van der Waals surface area (Å²) in [6.07, 6.45) is 8.24. The Morgan fingerprint density at radius 3 is 1.39 bits per heavy atom. The van der Waals surface area contributed by atoms with E-state index in [0.29, 0.717) is 0 Å². The Kier molecular flexibility index (Phi) is 5.09. The molecule has 0 aliphatic heterocycles. The molecule has 176 valence electrons. The van der Waals surface area contributed by atoms with E-state index < -0.39 is 0 Å². The van der Waals surface area contributed by atoms with Gasteiger partial charge in [-0.2, -0.15) is 0 Å². The summed E-state index contributed by atoms with van der Waals surface area (Å²) in [6, 6.07) is 25.5. The van der Waals surface area contributed by atoms with Gasteiger partial charge in [0.2, 0.25) is 0 Å². The molecule has 0 bridgehead atoms. The van der Waals surface area contributed by atoms with Crippen LogP contribution in [0.5, 0.6) is 0 Å². The van der Waals surface area contributed by atoms with Gasteiger partial charge in [-0.15, -0.1) is 0 Å². The maximum Gasteiger partial charge on any atom is 0.127 e. The molecular formula is C30H26N6. The van der Waals surface area contributed by atoms with Crippen molar-refractivity contribution in [3.63, 3.8) is 0 Å². The van der Waals surface area contributed by atoms with Crippen molar-refractivity contribution >= 4 is 55.2 Å². The highest BCUT2D eigenvalue weighted by Gasteiger charge is 2.26. The summed E-state index contributed by atoms with van der Waals surface area (Å²) in [5.74, 6) is 1.78. The van der Waals surface area contributed by atoms with Crippen LogP contribution in [0.1, 0.15) is 25.7 Å². The molecule has 0 unspecified atom stereocenters. The lowest BCUT2D eigenvalue weighted by Gasteiger charge is -2.33. The number of nitrogens with one attached hydrogen (secondary N) is 2. The van der Waals surface area contributed by atoms with Gasteiger partial charge in [0, 0.05) is 46.0 Å². The lowest BCUT2D eigenvalue weighted by Crippen LogP contribution is -2.42. The van der Waals surface area contributed by atoms with Crippen LogP contribution in [0.15, 0.2) is 85.2 Å². The zero-order valence-corrected chi connectivity index (χ0v) is 19.9. The summed E-state index contributed by atoms with van der Waals surface area (Å²) in [5, 5.41) is 11.9. The topological polar surface area (TPSA) is 75.6 Å². The van der Waals surface area contributed by atoms with Gasteiger partial charge in [-0.1, -0.05) is 49.2 Å². The zero-order valence-electron chi connectivity index (χ0n) is 19.9. The summed E-state index contributed by atoms with van der Waals surface area (Å²) in [6.45, 7) is 0. The lowest BCUT2D eigenvalue weighted by atomic mass is 9.90. The molecule has 36 heavy (non-hydrogen) atoms. The van der Waals surface area contributed by atoms with Crippen LogP contribution in [0, 0.1) is 0 Å². The molecule has 4 heterocycles. The van der Waals surface area contributed by atoms with Gasteiger partial charge in [-0.05, 0) is 49.2 Å². The molecule has 1 fully saturated rings. The SMILES string of the molecule is c1cnc2c(c1)ccc1ccc(N[C@H]3CCCC[C@H]3Nc3ccc4ccc5cccnc5c4n3)nc12. The number of hydrogen-bond acceptors (Lipinski definition) is 6. The fourth-order valence-electron chi connectivity index (χ4n) is 5.46. The Hall–Kier alpha value is -4.32. The average molecular weight is 471 g/mol. The molecule has 6 nitrogen and oxygen atoms in total. The Morgan fingerprint density at radius 1 is 0.500 bits per heavy atom. The molecule has 0 amide bonds. The second-order valence-electron chi connectivity index (χ2n) is 9.60. The predicted octanol–water partition coefficient (Wildman–Crippen LogP) is 6.71. The molecule has 7 rings (SSSR count). The van der Waals surface area contributed by atoms with Crippen molar-refractivity contribution in [3.8, 4) is 0 Å². The number of benzene rings is 2. The van der Waals surface area contributed by atoms with Gasteiger partial charge in [0.05, 0.1) is 22.1 Å². The van der Waals surface area contributed by atoms with Crippen molar-refractivity contribution < 1.29 is 0 Å². The summed E-state index contributed by atoms with van der Waals surface area (Å²) in [7, 11) is 0. The van der Waals surface area contributed by atoms with E-state index in [2.05, 4.69) is 81.3 Å². The number of nitrogens with zero attached hydrogens (tertiary/aromatic N) is 4. The zero-order chi connectivity index (χ0) is 23.9. The summed E-state index contributed by atoms with van der Waals surface area (Å²) in [5.41, 5.74) is 3.76. The van der Waals surface area contributed by atoms with Crippen molar-refractivity contribution in [2.24, 2.45) is 0 Å². The largest absolute Gasteiger partial charge is 0.365 e. The third kappa shape index (κ3) is 3.75. The quantitative estimate of drug-likeness (QED) is 0.279. The molecule has 2 aromatic carbocycles. The normalized spacial score (nSPS) is 18.1. The van der Waals surface area contributed by atoms with Crippen LogP contribution in [0.2, 0.25) is 0 Å². The first-order chi connectivity index (χ1) is 17.8. The number of pyridine rings is 4. The molecule has 6 heteroatoms. The van der Waals surface area contributed by atoms with E-state index in [9.17, 15) is 0 Å². The molecule has 2 atom stereocenters. The maximum absolute atomic E-state index is 4.99. The van der Waals surface area contributed by atoms with E-state index >= 15 is 0 Å². The Labute approximate surface area is 208 Å². The molecule has 1 saturated carbocycles. The number of aromatic nitrogens is 4. The highest BCUT2D eigenvalue weighted by Crippen LogP contribution is 2.29. The smallest absolute Gasteiger partial charge is 0.127 e. The fraction of sp³-hybridized carbons (Fsp3) is 0.200.